The first-order chi connectivity index (χ1) is 21.0. The van der Waals surface area contributed by atoms with E-state index in [9.17, 15) is 9.59 Å². The summed E-state index contributed by atoms with van der Waals surface area (Å²) in [6.45, 7) is 2.14. The van der Waals surface area contributed by atoms with E-state index in [-0.39, 0.29) is 5.78 Å². The summed E-state index contributed by atoms with van der Waals surface area (Å²) >= 11 is 0. The largest absolute Gasteiger partial charge is 0.489 e. The molecule has 0 saturated carbocycles. The number of hydrogen-bond donors (Lipinski definition) is 0. The zero-order valence-electron chi connectivity index (χ0n) is 23.5. The number of carbonyl (C=O) groups is 2. The van der Waals surface area contributed by atoms with Gasteiger partial charge >= 0.3 is 5.97 Å². The Morgan fingerprint density at radius 2 is 1.44 bits per heavy atom. The molecule has 5 aromatic carbocycles. The number of carbonyl (C=O) groups excluding carboxylic acids is 2. The van der Waals surface area contributed by atoms with Crippen LogP contribution in [0, 0.1) is 6.92 Å². The molecule has 1 heterocycles. The lowest BCUT2D eigenvalue weighted by Crippen LogP contribution is -2.09. The Kier molecular flexibility index (Phi) is 7.96. The van der Waals surface area contributed by atoms with E-state index in [4.69, 9.17) is 13.9 Å². The highest BCUT2D eigenvalue weighted by molar-refractivity contribution is 6.07. The Bertz CT molecular complexity index is 1920. The van der Waals surface area contributed by atoms with E-state index in [2.05, 4.69) is 0 Å². The molecular formula is C38H28O5. The molecule has 0 N–H and O–H groups in total. The Balaban J connectivity index is 1.14. The van der Waals surface area contributed by atoms with Crippen LogP contribution in [0.25, 0.3) is 28.2 Å². The van der Waals surface area contributed by atoms with Gasteiger partial charge in [0.15, 0.2) is 5.78 Å². The number of esters is 1. The molecule has 43 heavy (non-hydrogen) atoms. The highest BCUT2D eigenvalue weighted by Crippen LogP contribution is 2.31. The van der Waals surface area contributed by atoms with E-state index >= 15 is 0 Å². The zero-order chi connectivity index (χ0) is 29.6. The van der Waals surface area contributed by atoms with Crippen molar-refractivity contribution in [2.24, 2.45) is 0 Å². The topological polar surface area (TPSA) is 65.7 Å². The standard InChI is InChI=1S/C38H28O5/c1-26-37(34-24-32(20-22-36(34)42-26)41-25-28-9-4-2-5-10-28)38(40)43-33-14-8-11-27(23-33)15-21-35(39)31-18-16-30(17-19-31)29-12-6-3-7-13-29/h2-24H,25H2,1H3. The van der Waals surface area contributed by atoms with Gasteiger partial charge in [-0.05, 0) is 65.6 Å². The number of rotatable bonds is 9. The van der Waals surface area contributed by atoms with E-state index in [1.54, 1.807) is 43.3 Å². The van der Waals surface area contributed by atoms with Gasteiger partial charge in [0.2, 0.25) is 0 Å². The fraction of sp³-hybridized carbons (Fsp3) is 0.0526. The van der Waals surface area contributed by atoms with Crippen LogP contribution in [0.2, 0.25) is 0 Å². The number of benzene rings is 5. The van der Waals surface area contributed by atoms with Gasteiger partial charge in [0.1, 0.15) is 35.0 Å². The van der Waals surface area contributed by atoms with Crippen molar-refractivity contribution in [1.29, 1.82) is 0 Å². The summed E-state index contributed by atoms with van der Waals surface area (Å²) in [6.07, 6.45) is 3.22. The third-order valence-corrected chi connectivity index (χ3v) is 7.06. The molecule has 0 saturated heterocycles. The van der Waals surface area contributed by atoms with Gasteiger partial charge in [0.05, 0.1) is 0 Å². The maximum Gasteiger partial charge on any atom is 0.347 e. The molecule has 0 amide bonds. The second-order valence-electron chi connectivity index (χ2n) is 10.1. The van der Waals surface area contributed by atoms with E-state index in [0.717, 1.165) is 22.3 Å². The Morgan fingerprint density at radius 3 is 2.21 bits per heavy atom. The predicted octanol–water partition coefficient (Wildman–Crippen LogP) is 9.10. The molecule has 0 aliphatic heterocycles. The van der Waals surface area contributed by atoms with Crippen molar-refractivity contribution in [3.05, 3.63) is 161 Å². The van der Waals surface area contributed by atoms with Gasteiger partial charge in [0.25, 0.3) is 0 Å². The minimum atomic E-state index is -0.535. The molecule has 0 fully saturated rings. The number of aryl methyl sites for hydroxylation is 1. The summed E-state index contributed by atoms with van der Waals surface area (Å²) in [6, 6.07) is 39.8. The lowest BCUT2D eigenvalue weighted by Gasteiger charge is -2.07. The molecule has 0 aliphatic carbocycles. The number of furan rings is 1. The molecular weight excluding hydrogens is 536 g/mol. The summed E-state index contributed by atoms with van der Waals surface area (Å²) in [7, 11) is 0. The van der Waals surface area contributed by atoms with Gasteiger partial charge in [-0.25, -0.2) is 4.79 Å². The minimum absolute atomic E-state index is 0.118. The average molecular weight is 565 g/mol. The van der Waals surface area contributed by atoms with Crippen LogP contribution in [0.4, 0.5) is 0 Å². The number of ether oxygens (including phenoxy) is 2. The number of ketones is 1. The summed E-state index contributed by atoms with van der Waals surface area (Å²) in [4.78, 5) is 26.1. The van der Waals surface area contributed by atoms with Crippen molar-refractivity contribution < 1.29 is 23.5 Å². The molecule has 5 heteroatoms. The van der Waals surface area contributed by atoms with Crippen LogP contribution in [-0.2, 0) is 6.61 Å². The maximum absolute atomic E-state index is 13.3. The van der Waals surface area contributed by atoms with E-state index in [0.29, 0.717) is 46.0 Å². The van der Waals surface area contributed by atoms with Gasteiger partial charge in [-0.2, -0.15) is 0 Å². The van der Waals surface area contributed by atoms with Crippen molar-refractivity contribution in [3.63, 3.8) is 0 Å². The molecule has 0 atom stereocenters. The summed E-state index contributed by atoms with van der Waals surface area (Å²) < 4.78 is 17.5. The van der Waals surface area contributed by atoms with Crippen molar-refractivity contribution in [1.82, 2.24) is 0 Å². The summed E-state index contributed by atoms with van der Waals surface area (Å²) in [5, 5.41) is 0.619. The fourth-order valence-corrected chi connectivity index (χ4v) is 4.85. The summed E-state index contributed by atoms with van der Waals surface area (Å²) in [5.74, 6) is 0.787. The van der Waals surface area contributed by atoms with E-state index < -0.39 is 5.97 Å². The third kappa shape index (κ3) is 6.47. The molecule has 0 spiro atoms. The lowest BCUT2D eigenvalue weighted by atomic mass is 10.0. The second-order valence-corrected chi connectivity index (χ2v) is 10.1. The summed E-state index contributed by atoms with van der Waals surface area (Å²) in [5.41, 5.74) is 5.42. The second kappa shape index (κ2) is 12.5. The number of allylic oxidation sites excluding steroid dienone is 1. The number of fused-ring (bicyclic) bond motifs is 1. The molecule has 6 rings (SSSR count). The van der Waals surface area contributed by atoms with Crippen LogP contribution in [0.5, 0.6) is 11.5 Å². The Hall–Kier alpha value is -5.68. The van der Waals surface area contributed by atoms with Gasteiger partial charge < -0.3 is 13.9 Å². The van der Waals surface area contributed by atoms with E-state index in [1.165, 1.54) is 6.08 Å². The fourth-order valence-electron chi connectivity index (χ4n) is 4.85. The molecule has 5 nitrogen and oxygen atoms in total. The van der Waals surface area contributed by atoms with Crippen molar-refractivity contribution in [2.75, 3.05) is 0 Å². The highest BCUT2D eigenvalue weighted by Gasteiger charge is 2.21. The first-order valence-corrected chi connectivity index (χ1v) is 13.9. The predicted molar refractivity (Wildman–Crippen MR) is 168 cm³/mol. The van der Waals surface area contributed by atoms with Gasteiger partial charge in [-0.1, -0.05) is 103 Å². The number of hydrogen-bond acceptors (Lipinski definition) is 5. The van der Waals surface area contributed by atoms with Crippen LogP contribution < -0.4 is 9.47 Å². The molecule has 6 aromatic rings. The quantitative estimate of drug-likeness (QED) is 0.0758. The van der Waals surface area contributed by atoms with Crippen LogP contribution in [-0.4, -0.2) is 11.8 Å². The first kappa shape index (κ1) is 27.5. The zero-order valence-corrected chi connectivity index (χ0v) is 23.5. The minimum Gasteiger partial charge on any atom is -0.489 e. The SMILES string of the molecule is Cc1oc2ccc(OCc3ccccc3)cc2c1C(=O)Oc1cccc(C=CC(=O)c2ccc(-c3ccccc3)cc2)c1. The van der Waals surface area contributed by atoms with E-state index in [1.807, 2.05) is 97.1 Å². The normalized spacial score (nSPS) is 11.1. The van der Waals surface area contributed by atoms with Gasteiger partial charge in [-0.15, -0.1) is 0 Å². The first-order valence-electron chi connectivity index (χ1n) is 13.9. The van der Waals surface area contributed by atoms with Crippen molar-refractivity contribution in [3.8, 4) is 22.6 Å². The Labute approximate surface area is 249 Å². The smallest absolute Gasteiger partial charge is 0.347 e. The van der Waals surface area contributed by atoms with Crippen LogP contribution in [0.3, 0.4) is 0 Å². The Morgan fingerprint density at radius 1 is 0.721 bits per heavy atom. The molecule has 0 bridgehead atoms. The van der Waals surface area contributed by atoms with Crippen LogP contribution >= 0.6 is 0 Å². The van der Waals surface area contributed by atoms with Crippen LogP contribution in [0.1, 0.15) is 37.6 Å². The van der Waals surface area contributed by atoms with Crippen molar-refractivity contribution in [2.45, 2.75) is 13.5 Å². The van der Waals surface area contributed by atoms with Gasteiger partial charge in [-0.3, -0.25) is 4.79 Å². The molecule has 210 valence electrons. The molecule has 0 unspecified atom stereocenters. The third-order valence-electron chi connectivity index (χ3n) is 7.06. The van der Waals surface area contributed by atoms with Gasteiger partial charge in [0, 0.05) is 10.9 Å². The highest BCUT2D eigenvalue weighted by atomic mass is 16.5. The molecule has 1 aromatic heterocycles. The monoisotopic (exact) mass is 564 g/mol. The average Bonchev–Trinajstić information content (AvgIpc) is 3.39. The molecule has 0 aliphatic rings. The maximum atomic E-state index is 13.3. The lowest BCUT2D eigenvalue weighted by molar-refractivity contribution is 0.0734. The van der Waals surface area contributed by atoms with Crippen molar-refractivity contribution >= 4 is 28.8 Å². The molecule has 0 radical (unpaired) electrons. The van der Waals surface area contributed by atoms with Crippen LogP contribution in [0.15, 0.2) is 138 Å².